The Hall–Kier alpha value is -2.53. The van der Waals surface area contributed by atoms with E-state index < -0.39 is 11.5 Å². The van der Waals surface area contributed by atoms with Crippen molar-refractivity contribution in [1.82, 2.24) is 0 Å². The zero-order valence-electron chi connectivity index (χ0n) is 11.1. The molecule has 2 aliphatic rings. The van der Waals surface area contributed by atoms with Crippen molar-refractivity contribution in [2.45, 2.75) is 12.0 Å². The molecule has 0 unspecified atom stereocenters. The van der Waals surface area contributed by atoms with E-state index in [9.17, 15) is 9.90 Å². The average Bonchev–Trinajstić information content (AvgIpc) is 2.94. The largest absolute Gasteiger partial charge is 0.454 e. The molecule has 0 aromatic heterocycles. The van der Waals surface area contributed by atoms with E-state index in [1.807, 2.05) is 12.1 Å². The summed E-state index contributed by atoms with van der Waals surface area (Å²) in [7, 11) is 0. The minimum absolute atomic E-state index is 0.176. The quantitative estimate of drug-likeness (QED) is 0.837. The van der Waals surface area contributed by atoms with Crippen LogP contribution in [0, 0.1) is 0 Å². The molecule has 2 N–H and O–H groups in total. The molecule has 1 atom stereocenters. The zero-order valence-corrected chi connectivity index (χ0v) is 11.1. The first-order valence-electron chi connectivity index (χ1n) is 6.69. The highest BCUT2D eigenvalue weighted by Crippen LogP contribution is 2.42. The molecule has 0 saturated carbocycles. The summed E-state index contributed by atoms with van der Waals surface area (Å²) in [6.45, 7) is 0.176. The highest BCUT2D eigenvalue weighted by atomic mass is 16.7. The van der Waals surface area contributed by atoms with Crippen molar-refractivity contribution in [3.63, 3.8) is 0 Å². The van der Waals surface area contributed by atoms with Crippen LogP contribution in [0.1, 0.15) is 11.1 Å². The Morgan fingerprint density at radius 3 is 2.57 bits per heavy atom. The predicted molar refractivity (Wildman–Crippen MR) is 75.2 cm³/mol. The first kappa shape index (κ1) is 12.2. The number of ether oxygens (including phenoxy) is 2. The first-order chi connectivity index (χ1) is 10.2. The van der Waals surface area contributed by atoms with Gasteiger partial charge in [-0.15, -0.1) is 0 Å². The van der Waals surface area contributed by atoms with Gasteiger partial charge in [0.15, 0.2) is 17.1 Å². The molecule has 0 spiro atoms. The number of carbonyl (C=O) groups is 1. The molecule has 2 heterocycles. The van der Waals surface area contributed by atoms with Gasteiger partial charge in [0, 0.05) is 18.2 Å². The van der Waals surface area contributed by atoms with E-state index in [1.165, 1.54) is 0 Å². The topological polar surface area (TPSA) is 67.8 Å². The summed E-state index contributed by atoms with van der Waals surface area (Å²) in [6, 6.07) is 12.5. The molecule has 21 heavy (non-hydrogen) atoms. The van der Waals surface area contributed by atoms with Crippen molar-refractivity contribution < 1.29 is 19.4 Å². The van der Waals surface area contributed by atoms with Crippen molar-refractivity contribution in [3.05, 3.63) is 53.6 Å². The van der Waals surface area contributed by atoms with Gasteiger partial charge in [-0.3, -0.25) is 4.79 Å². The second kappa shape index (κ2) is 4.23. The first-order valence-corrected chi connectivity index (χ1v) is 6.69. The number of nitrogens with one attached hydrogen (secondary N) is 1. The van der Waals surface area contributed by atoms with E-state index in [-0.39, 0.29) is 13.2 Å². The van der Waals surface area contributed by atoms with Crippen LogP contribution in [0.3, 0.4) is 0 Å². The van der Waals surface area contributed by atoms with E-state index >= 15 is 0 Å². The Morgan fingerprint density at radius 2 is 1.81 bits per heavy atom. The maximum absolute atomic E-state index is 12.3. The average molecular weight is 283 g/mol. The number of aliphatic hydroxyl groups is 1. The van der Waals surface area contributed by atoms with Crippen LogP contribution in [-0.4, -0.2) is 17.8 Å². The van der Waals surface area contributed by atoms with E-state index in [2.05, 4.69) is 5.32 Å². The molecule has 0 aliphatic carbocycles. The van der Waals surface area contributed by atoms with Crippen molar-refractivity contribution in [1.29, 1.82) is 0 Å². The number of fused-ring (bicyclic) bond motifs is 2. The van der Waals surface area contributed by atoms with Crippen LogP contribution in [0.4, 0.5) is 5.69 Å². The normalized spacial score (nSPS) is 22.6. The van der Waals surface area contributed by atoms with Gasteiger partial charge in [0.25, 0.3) is 5.91 Å². The molecule has 4 rings (SSSR count). The van der Waals surface area contributed by atoms with Crippen molar-refractivity contribution in [2.24, 2.45) is 0 Å². The Bertz CT molecular complexity index is 729. The van der Waals surface area contributed by atoms with Gasteiger partial charge >= 0.3 is 0 Å². The monoisotopic (exact) mass is 283 g/mol. The third-order valence-electron chi connectivity index (χ3n) is 3.92. The molecule has 0 bridgehead atoms. The second-order valence-electron chi connectivity index (χ2n) is 5.22. The van der Waals surface area contributed by atoms with Crippen LogP contribution in [0.2, 0.25) is 0 Å². The van der Waals surface area contributed by atoms with Gasteiger partial charge in [0.2, 0.25) is 6.79 Å². The van der Waals surface area contributed by atoms with Gasteiger partial charge in [-0.2, -0.15) is 0 Å². The molecule has 0 fully saturated rings. The summed E-state index contributed by atoms with van der Waals surface area (Å²) in [5, 5.41) is 13.6. The molecule has 0 radical (unpaired) electrons. The SMILES string of the molecule is O=C1Nc2cc3c(cc2C[C@]1(O)c1ccccc1)OCO3. The van der Waals surface area contributed by atoms with Crippen LogP contribution in [0.25, 0.3) is 0 Å². The van der Waals surface area contributed by atoms with Crippen molar-refractivity contribution in [2.75, 3.05) is 12.1 Å². The summed E-state index contributed by atoms with van der Waals surface area (Å²) in [5.41, 5.74) is 0.489. The molecule has 5 heteroatoms. The Labute approximate surface area is 121 Å². The zero-order chi connectivity index (χ0) is 14.4. The van der Waals surface area contributed by atoms with Gasteiger partial charge in [-0.1, -0.05) is 30.3 Å². The number of benzene rings is 2. The predicted octanol–water partition coefficient (Wildman–Crippen LogP) is 1.80. The molecule has 2 aromatic carbocycles. The van der Waals surface area contributed by atoms with Crippen molar-refractivity contribution in [3.8, 4) is 11.5 Å². The summed E-state index contributed by atoms with van der Waals surface area (Å²) in [5.74, 6) is 0.819. The molecule has 106 valence electrons. The third kappa shape index (κ3) is 1.78. The van der Waals surface area contributed by atoms with Crippen LogP contribution < -0.4 is 14.8 Å². The summed E-state index contributed by atoms with van der Waals surface area (Å²) in [4.78, 5) is 12.3. The van der Waals surface area contributed by atoms with Crippen LogP contribution in [0.5, 0.6) is 11.5 Å². The molecular weight excluding hydrogens is 270 g/mol. The minimum atomic E-state index is -1.57. The van der Waals surface area contributed by atoms with E-state index in [4.69, 9.17) is 9.47 Å². The smallest absolute Gasteiger partial charge is 0.261 e. The summed E-state index contributed by atoms with van der Waals surface area (Å²) in [6.07, 6.45) is 0.203. The lowest BCUT2D eigenvalue weighted by molar-refractivity contribution is -0.135. The van der Waals surface area contributed by atoms with Crippen LogP contribution in [0.15, 0.2) is 42.5 Å². The van der Waals surface area contributed by atoms with E-state index in [1.54, 1.807) is 30.3 Å². The summed E-state index contributed by atoms with van der Waals surface area (Å²) < 4.78 is 10.6. The number of carbonyl (C=O) groups excluding carboxylic acids is 1. The number of hydrogen-bond donors (Lipinski definition) is 2. The second-order valence-corrected chi connectivity index (χ2v) is 5.22. The fraction of sp³-hybridized carbons (Fsp3) is 0.188. The number of anilines is 1. The molecule has 1 amide bonds. The summed E-state index contributed by atoms with van der Waals surface area (Å²) >= 11 is 0. The minimum Gasteiger partial charge on any atom is -0.454 e. The highest BCUT2D eigenvalue weighted by Gasteiger charge is 2.42. The van der Waals surface area contributed by atoms with Gasteiger partial charge in [0.05, 0.1) is 0 Å². The molecule has 5 nitrogen and oxygen atoms in total. The fourth-order valence-electron chi connectivity index (χ4n) is 2.78. The number of hydrogen-bond acceptors (Lipinski definition) is 4. The lowest BCUT2D eigenvalue weighted by Gasteiger charge is -2.33. The molecule has 0 saturated heterocycles. The lowest BCUT2D eigenvalue weighted by Crippen LogP contribution is -2.45. The Balaban J connectivity index is 1.80. The highest BCUT2D eigenvalue weighted by molar-refractivity contribution is 6.01. The Morgan fingerprint density at radius 1 is 1.10 bits per heavy atom. The maximum Gasteiger partial charge on any atom is 0.261 e. The van der Waals surface area contributed by atoms with Gasteiger partial charge in [-0.25, -0.2) is 0 Å². The Kier molecular flexibility index (Phi) is 2.46. The molecule has 2 aliphatic heterocycles. The van der Waals surface area contributed by atoms with E-state index in [0.717, 1.165) is 5.56 Å². The standard InChI is InChI=1S/C16H13NO4/c18-15-16(19,11-4-2-1-3-5-11)8-10-6-13-14(21-9-20-13)7-12(10)17-15/h1-7,19H,8-9H2,(H,17,18)/t16-/m0/s1. The lowest BCUT2D eigenvalue weighted by atomic mass is 9.83. The van der Waals surface area contributed by atoms with Crippen LogP contribution >= 0.6 is 0 Å². The van der Waals surface area contributed by atoms with E-state index in [0.29, 0.717) is 22.7 Å². The third-order valence-corrected chi connectivity index (χ3v) is 3.92. The van der Waals surface area contributed by atoms with Crippen LogP contribution in [-0.2, 0) is 16.8 Å². The van der Waals surface area contributed by atoms with Gasteiger partial charge in [0.1, 0.15) is 0 Å². The molecular formula is C16H13NO4. The maximum atomic E-state index is 12.3. The number of rotatable bonds is 1. The van der Waals surface area contributed by atoms with Gasteiger partial charge in [-0.05, 0) is 17.2 Å². The fourth-order valence-corrected chi connectivity index (χ4v) is 2.78. The number of amides is 1. The molecule has 2 aromatic rings. The van der Waals surface area contributed by atoms with Gasteiger partial charge < -0.3 is 19.9 Å². The van der Waals surface area contributed by atoms with Crippen molar-refractivity contribution >= 4 is 11.6 Å².